The van der Waals surface area contributed by atoms with Crippen molar-refractivity contribution >= 4 is 39.6 Å². The van der Waals surface area contributed by atoms with Crippen molar-refractivity contribution in [1.29, 1.82) is 0 Å². The summed E-state index contributed by atoms with van der Waals surface area (Å²) in [7, 11) is 1.45. The van der Waals surface area contributed by atoms with E-state index in [1.807, 2.05) is 0 Å². The number of piperazine rings is 1. The average Bonchev–Trinajstić information content (AvgIpc) is 3.12. The van der Waals surface area contributed by atoms with Gasteiger partial charge in [-0.1, -0.05) is 36.8 Å². The van der Waals surface area contributed by atoms with Crippen LogP contribution in [0.15, 0.2) is 24.3 Å². The minimum absolute atomic E-state index is 0.264. The van der Waals surface area contributed by atoms with E-state index >= 15 is 0 Å². The second kappa shape index (κ2) is 9.67. The third kappa shape index (κ3) is 5.10. The summed E-state index contributed by atoms with van der Waals surface area (Å²) < 4.78 is 5.10. The van der Waals surface area contributed by atoms with Crippen LogP contribution in [0.25, 0.3) is 0 Å². The fourth-order valence-corrected chi connectivity index (χ4v) is 6.14. The lowest BCUT2D eigenvalue weighted by molar-refractivity contribution is 0.0601. The first kappa shape index (κ1) is 22.2. The van der Waals surface area contributed by atoms with Crippen molar-refractivity contribution in [2.24, 2.45) is 5.92 Å². The average molecular weight is 458 g/mol. The van der Waals surface area contributed by atoms with E-state index in [2.05, 4.69) is 53.2 Å². The third-order valence-electron chi connectivity index (χ3n) is 6.31. The van der Waals surface area contributed by atoms with Crippen LogP contribution in [0.1, 0.15) is 45.3 Å². The number of benzene rings is 1. The monoisotopic (exact) mass is 457 g/mol. The maximum absolute atomic E-state index is 12.5. The molecule has 0 spiro atoms. The standard InChI is InChI=1S/C24H31N3O2S2/c1-16-4-7-18(8-5-16)15-26-10-12-27(13-11-26)24(30)25-22-21(23(28)29-3)19-9-6-17(2)14-20(19)31-22/h4-5,7-8,17H,6,9-15H2,1-3H3,(H,25,30). The van der Waals surface area contributed by atoms with Gasteiger partial charge in [-0.15, -0.1) is 11.3 Å². The zero-order valence-corrected chi connectivity index (χ0v) is 20.2. The van der Waals surface area contributed by atoms with Crippen LogP contribution >= 0.6 is 23.6 Å². The molecule has 1 unspecified atom stereocenters. The van der Waals surface area contributed by atoms with Crippen LogP contribution in [0.3, 0.4) is 0 Å². The lowest BCUT2D eigenvalue weighted by Gasteiger charge is -2.36. The van der Waals surface area contributed by atoms with E-state index in [0.717, 1.165) is 62.6 Å². The van der Waals surface area contributed by atoms with Crippen LogP contribution in [0.5, 0.6) is 0 Å². The number of nitrogens with zero attached hydrogens (tertiary/aromatic N) is 2. The molecule has 1 aromatic heterocycles. The molecule has 0 amide bonds. The Labute approximate surface area is 194 Å². The molecule has 2 aliphatic rings. The summed E-state index contributed by atoms with van der Waals surface area (Å²) in [5.74, 6) is 0.387. The van der Waals surface area contributed by atoms with E-state index in [-0.39, 0.29) is 5.97 Å². The van der Waals surface area contributed by atoms with Crippen molar-refractivity contribution < 1.29 is 9.53 Å². The Bertz CT molecular complexity index is 946. The van der Waals surface area contributed by atoms with Gasteiger partial charge in [0.2, 0.25) is 0 Å². The van der Waals surface area contributed by atoms with Gasteiger partial charge in [0.25, 0.3) is 0 Å². The normalized spacial score (nSPS) is 19.1. The van der Waals surface area contributed by atoms with Crippen molar-refractivity contribution in [1.82, 2.24) is 9.80 Å². The topological polar surface area (TPSA) is 44.8 Å². The molecule has 1 aromatic carbocycles. The molecular formula is C24H31N3O2S2. The second-order valence-electron chi connectivity index (χ2n) is 8.73. The largest absolute Gasteiger partial charge is 0.465 e. The number of thiocarbonyl (C=S) groups is 1. The quantitative estimate of drug-likeness (QED) is 0.539. The molecule has 1 aliphatic heterocycles. The van der Waals surface area contributed by atoms with Crippen molar-refractivity contribution in [3.8, 4) is 0 Å². The van der Waals surface area contributed by atoms with Crippen molar-refractivity contribution in [2.75, 3.05) is 38.6 Å². The third-order valence-corrected chi connectivity index (χ3v) is 7.84. The summed E-state index contributed by atoms with van der Waals surface area (Å²) in [5, 5.41) is 4.94. The number of fused-ring (bicyclic) bond motifs is 1. The van der Waals surface area contributed by atoms with E-state index in [1.165, 1.54) is 23.1 Å². The van der Waals surface area contributed by atoms with Crippen LogP contribution in [-0.2, 0) is 24.1 Å². The Morgan fingerprint density at radius 3 is 2.61 bits per heavy atom. The number of hydrogen-bond acceptors (Lipinski definition) is 5. The van der Waals surface area contributed by atoms with Gasteiger partial charge >= 0.3 is 5.97 Å². The first-order valence-electron chi connectivity index (χ1n) is 11.0. The highest BCUT2D eigenvalue weighted by Gasteiger charge is 2.29. The van der Waals surface area contributed by atoms with Crippen LogP contribution < -0.4 is 5.32 Å². The summed E-state index contributed by atoms with van der Waals surface area (Å²) in [6.07, 6.45) is 3.07. The fourth-order valence-electron chi connectivity index (χ4n) is 4.39. The maximum Gasteiger partial charge on any atom is 0.341 e. The summed E-state index contributed by atoms with van der Waals surface area (Å²) in [6.45, 7) is 9.06. The lowest BCUT2D eigenvalue weighted by Crippen LogP contribution is -2.49. The van der Waals surface area contributed by atoms with Gasteiger partial charge in [-0.3, -0.25) is 4.90 Å². The first-order valence-corrected chi connectivity index (χ1v) is 12.2. The Morgan fingerprint density at radius 2 is 1.94 bits per heavy atom. The fraction of sp³-hybridized carbons (Fsp3) is 0.500. The number of aryl methyl sites for hydroxylation is 1. The van der Waals surface area contributed by atoms with E-state index in [0.29, 0.717) is 16.6 Å². The number of nitrogens with one attached hydrogen (secondary N) is 1. The van der Waals surface area contributed by atoms with E-state index < -0.39 is 0 Å². The Morgan fingerprint density at radius 1 is 1.23 bits per heavy atom. The lowest BCUT2D eigenvalue weighted by atomic mass is 9.88. The molecule has 0 saturated carbocycles. The number of methoxy groups -OCH3 is 1. The van der Waals surface area contributed by atoms with Gasteiger partial charge in [-0.2, -0.15) is 0 Å². The number of hydrogen-bond donors (Lipinski definition) is 1. The predicted molar refractivity (Wildman–Crippen MR) is 131 cm³/mol. The highest BCUT2D eigenvalue weighted by atomic mass is 32.1. The summed E-state index contributed by atoms with van der Waals surface area (Å²) in [5.41, 5.74) is 4.49. The summed E-state index contributed by atoms with van der Waals surface area (Å²) >= 11 is 7.40. The maximum atomic E-state index is 12.5. The Kier molecular flexibility index (Phi) is 6.94. The zero-order chi connectivity index (χ0) is 22.0. The summed E-state index contributed by atoms with van der Waals surface area (Å²) in [6, 6.07) is 8.76. The van der Waals surface area contributed by atoms with Crippen molar-refractivity contribution in [2.45, 2.75) is 39.7 Å². The highest BCUT2D eigenvalue weighted by Crippen LogP contribution is 2.40. The molecule has 1 N–H and O–H groups in total. The number of rotatable bonds is 4. The molecule has 166 valence electrons. The van der Waals surface area contributed by atoms with Crippen LogP contribution in [-0.4, -0.2) is 54.2 Å². The number of ether oxygens (including phenoxy) is 1. The van der Waals surface area contributed by atoms with E-state index in [1.54, 1.807) is 11.3 Å². The molecule has 5 nitrogen and oxygen atoms in total. The minimum Gasteiger partial charge on any atom is -0.465 e. The van der Waals surface area contributed by atoms with Gasteiger partial charge in [0.1, 0.15) is 5.00 Å². The molecular weight excluding hydrogens is 426 g/mol. The second-order valence-corrected chi connectivity index (χ2v) is 10.2. The molecule has 0 bridgehead atoms. The van der Waals surface area contributed by atoms with Gasteiger partial charge in [-0.05, 0) is 55.4 Å². The molecule has 1 aliphatic carbocycles. The predicted octanol–water partition coefficient (Wildman–Crippen LogP) is 4.48. The van der Waals surface area contributed by atoms with Crippen LogP contribution in [0.4, 0.5) is 5.00 Å². The molecule has 1 atom stereocenters. The van der Waals surface area contributed by atoms with Gasteiger partial charge in [-0.25, -0.2) is 4.79 Å². The highest BCUT2D eigenvalue weighted by molar-refractivity contribution is 7.80. The van der Waals surface area contributed by atoms with Gasteiger partial charge in [0, 0.05) is 37.6 Å². The molecule has 1 fully saturated rings. The van der Waals surface area contributed by atoms with E-state index in [9.17, 15) is 4.79 Å². The molecule has 2 aromatic rings. The Hall–Kier alpha value is -1.96. The number of carbonyl (C=O) groups excluding carboxylic acids is 1. The van der Waals surface area contributed by atoms with Gasteiger partial charge in [0.15, 0.2) is 5.11 Å². The molecule has 2 heterocycles. The number of carbonyl (C=O) groups is 1. The molecule has 7 heteroatoms. The number of esters is 1. The molecule has 31 heavy (non-hydrogen) atoms. The Balaban J connectivity index is 1.39. The summed E-state index contributed by atoms with van der Waals surface area (Å²) in [4.78, 5) is 18.5. The van der Waals surface area contributed by atoms with Crippen molar-refractivity contribution in [3.05, 3.63) is 51.4 Å². The van der Waals surface area contributed by atoms with Gasteiger partial charge in [0.05, 0.1) is 12.7 Å². The van der Waals surface area contributed by atoms with Gasteiger partial charge < -0.3 is 15.0 Å². The SMILES string of the molecule is COC(=O)c1c(NC(=S)N2CCN(Cc3ccc(C)cc3)CC2)sc2c1CCC(C)C2. The van der Waals surface area contributed by atoms with Crippen LogP contribution in [0, 0.1) is 12.8 Å². The minimum atomic E-state index is -0.264. The zero-order valence-electron chi connectivity index (χ0n) is 18.6. The number of thiophene rings is 1. The molecule has 1 saturated heterocycles. The number of anilines is 1. The first-order chi connectivity index (χ1) is 14.9. The van der Waals surface area contributed by atoms with Crippen molar-refractivity contribution in [3.63, 3.8) is 0 Å². The van der Waals surface area contributed by atoms with E-state index in [4.69, 9.17) is 17.0 Å². The smallest absolute Gasteiger partial charge is 0.341 e. The molecule has 4 rings (SSSR count). The van der Waals surface area contributed by atoms with Crippen LogP contribution in [0.2, 0.25) is 0 Å². The molecule has 0 radical (unpaired) electrons.